The minimum Gasteiger partial charge on any atom is -0.303 e. The maximum atomic E-state index is 14.3. The van der Waals surface area contributed by atoms with Crippen LogP contribution in [0.5, 0.6) is 0 Å². The standard InChI is InChI=1S/C17H31F2N3S/c1-3-20-7-4-15(17(18,19)13-20)10-21-8-5-16(6-9-21)11-22(12-16)14(2)23/h14-15,23H,3-13H2,1-2H3. The third-order valence-corrected chi connectivity index (χ3v) is 6.60. The number of halogens is 2. The fourth-order valence-electron chi connectivity index (χ4n) is 4.47. The number of nitrogens with zero attached hydrogens (tertiary/aromatic N) is 3. The highest BCUT2D eigenvalue weighted by molar-refractivity contribution is 7.80. The van der Waals surface area contributed by atoms with Crippen LogP contribution in [0.4, 0.5) is 8.78 Å². The normalized spacial score (nSPS) is 33.5. The lowest BCUT2D eigenvalue weighted by Crippen LogP contribution is -2.62. The molecule has 3 saturated heterocycles. The molecule has 6 heteroatoms. The average Bonchev–Trinajstić information content (AvgIpc) is 2.47. The van der Waals surface area contributed by atoms with Crippen LogP contribution >= 0.6 is 12.6 Å². The molecule has 0 amide bonds. The van der Waals surface area contributed by atoms with Gasteiger partial charge in [-0.05, 0) is 57.8 Å². The highest BCUT2D eigenvalue weighted by atomic mass is 32.1. The summed E-state index contributed by atoms with van der Waals surface area (Å²) in [6.07, 6.45) is 2.94. The van der Waals surface area contributed by atoms with Crippen molar-refractivity contribution >= 4 is 12.6 Å². The van der Waals surface area contributed by atoms with Gasteiger partial charge in [0.25, 0.3) is 5.92 Å². The average molecular weight is 348 g/mol. The van der Waals surface area contributed by atoms with Gasteiger partial charge >= 0.3 is 0 Å². The first-order valence-electron chi connectivity index (χ1n) is 9.08. The first-order valence-corrected chi connectivity index (χ1v) is 9.60. The molecule has 0 saturated carbocycles. The van der Waals surface area contributed by atoms with Crippen molar-refractivity contribution in [3.8, 4) is 0 Å². The topological polar surface area (TPSA) is 9.72 Å². The Morgan fingerprint density at radius 1 is 1.09 bits per heavy atom. The lowest BCUT2D eigenvalue weighted by Gasteiger charge is -2.55. The summed E-state index contributed by atoms with van der Waals surface area (Å²) in [6, 6.07) is 0. The van der Waals surface area contributed by atoms with E-state index in [0.717, 1.165) is 52.1 Å². The zero-order valence-electron chi connectivity index (χ0n) is 14.5. The molecule has 0 aromatic carbocycles. The first-order chi connectivity index (χ1) is 10.8. The van der Waals surface area contributed by atoms with Crippen LogP contribution < -0.4 is 0 Å². The van der Waals surface area contributed by atoms with Gasteiger partial charge < -0.3 is 4.90 Å². The molecule has 2 atom stereocenters. The van der Waals surface area contributed by atoms with Gasteiger partial charge in [-0.25, -0.2) is 8.78 Å². The molecule has 0 aromatic heterocycles. The van der Waals surface area contributed by atoms with Gasteiger partial charge in [0.05, 0.1) is 6.54 Å². The van der Waals surface area contributed by atoms with Crippen molar-refractivity contribution in [2.24, 2.45) is 11.3 Å². The lowest BCUT2D eigenvalue weighted by atomic mass is 9.72. The third-order valence-electron chi connectivity index (χ3n) is 6.27. The van der Waals surface area contributed by atoms with E-state index in [9.17, 15) is 8.78 Å². The molecular formula is C17H31F2N3S. The number of thiol groups is 1. The van der Waals surface area contributed by atoms with Gasteiger partial charge in [0.15, 0.2) is 0 Å². The highest BCUT2D eigenvalue weighted by Gasteiger charge is 2.48. The number of rotatable bonds is 4. The third kappa shape index (κ3) is 3.86. The highest BCUT2D eigenvalue weighted by Crippen LogP contribution is 2.42. The Balaban J connectivity index is 1.46. The fourth-order valence-corrected chi connectivity index (χ4v) is 4.63. The van der Waals surface area contributed by atoms with Crippen LogP contribution in [0.25, 0.3) is 0 Å². The smallest absolute Gasteiger partial charge is 0.264 e. The summed E-state index contributed by atoms with van der Waals surface area (Å²) in [5.74, 6) is -2.99. The molecule has 134 valence electrons. The van der Waals surface area contributed by atoms with Crippen molar-refractivity contribution in [2.75, 3.05) is 52.4 Å². The van der Waals surface area contributed by atoms with Crippen molar-refractivity contribution in [2.45, 2.75) is 44.4 Å². The Labute approximate surface area is 144 Å². The van der Waals surface area contributed by atoms with E-state index >= 15 is 0 Å². The van der Waals surface area contributed by atoms with E-state index in [4.69, 9.17) is 0 Å². The van der Waals surface area contributed by atoms with Gasteiger partial charge in [0.2, 0.25) is 0 Å². The molecule has 3 aliphatic heterocycles. The Morgan fingerprint density at radius 3 is 2.26 bits per heavy atom. The molecule has 2 unspecified atom stereocenters. The molecule has 3 heterocycles. The second-order valence-corrected chi connectivity index (χ2v) is 8.70. The van der Waals surface area contributed by atoms with Crippen LogP contribution in [0.3, 0.4) is 0 Å². The number of piperidine rings is 2. The summed E-state index contributed by atoms with van der Waals surface area (Å²) in [5, 5.41) is 0.334. The number of alkyl halides is 2. The first kappa shape index (κ1) is 17.9. The Bertz CT molecular complexity index is 403. The largest absolute Gasteiger partial charge is 0.303 e. The maximum Gasteiger partial charge on any atom is 0.264 e. The molecule has 23 heavy (non-hydrogen) atoms. The minimum atomic E-state index is -2.53. The molecule has 3 nitrogen and oxygen atoms in total. The molecule has 3 fully saturated rings. The van der Waals surface area contributed by atoms with Crippen molar-refractivity contribution in [3.05, 3.63) is 0 Å². The maximum absolute atomic E-state index is 14.3. The summed E-state index contributed by atoms with van der Waals surface area (Å²) in [5.41, 5.74) is 0.446. The lowest BCUT2D eigenvalue weighted by molar-refractivity contribution is -0.123. The van der Waals surface area contributed by atoms with Gasteiger partial charge in [-0.2, -0.15) is 12.6 Å². The van der Waals surface area contributed by atoms with Crippen molar-refractivity contribution in [3.63, 3.8) is 0 Å². The monoisotopic (exact) mass is 347 g/mol. The van der Waals surface area contributed by atoms with Crippen LogP contribution in [0.15, 0.2) is 0 Å². The SMILES string of the molecule is CCN1CCC(CN2CCC3(CC2)CN(C(C)S)C3)C(F)(F)C1. The summed E-state index contributed by atoms with van der Waals surface area (Å²) >= 11 is 4.49. The van der Waals surface area contributed by atoms with Crippen molar-refractivity contribution in [1.29, 1.82) is 0 Å². The molecule has 0 N–H and O–H groups in total. The Hall–Kier alpha value is 0.0900. The Kier molecular flexibility index (Phi) is 5.27. The van der Waals surface area contributed by atoms with Gasteiger partial charge in [-0.1, -0.05) is 6.92 Å². The van der Waals surface area contributed by atoms with Gasteiger partial charge in [0.1, 0.15) is 0 Å². The molecular weight excluding hydrogens is 316 g/mol. The van der Waals surface area contributed by atoms with Crippen LogP contribution in [-0.2, 0) is 0 Å². The van der Waals surface area contributed by atoms with E-state index in [-0.39, 0.29) is 6.54 Å². The zero-order valence-corrected chi connectivity index (χ0v) is 15.4. The second-order valence-electron chi connectivity index (χ2n) is 7.95. The van der Waals surface area contributed by atoms with Crippen LogP contribution in [0.2, 0.25) is 0 Å². The predicted octanol–water partition coefficient (Wildman–Crippen LogP) is 2.64. The van der Waals surface area contributed by atoms with Crippen LogP contribution in [-0.4, -0.2) is 78.4 Å². The van der Waals surface area contributed by atoms with E-state index in [1.165, 1.54) is 0 Å². The molecule has 0 aliphatic carbocycles. The van der Waals surface area contributed by atoms with Crippen LogP contribution in [0, 0.1) is 11.3 Å². The summed E-state index contributed by atoms with van der Waals surface area (Å²) in [6.45, 7) is 10.4. The van der Waals surface area contributed by atoms with Gasteiger partial charge in [-0.3, -0.25) is 9.80 Å². The predicted molar refractivity (Wildman–Crippen MR) is 93.3 cm³/mol. The van der Waals surface area contributed by atoms with E-state index in [0.29, 0.717) is 23.8 Å². The number of likely N-dealkylation sites (tertiary alicyclic amines) is 3. The summed E-state index contributed by atoms with van der Waals surface area (Å²) in [7, 11) is 0. The molecule has 1 spiro atoms. The van der Waals surface area contributed by atoms with E-state index in [1.807, 2.05) is 11.8 Å². The Morgan fingerprint density at radius 2 is 1.74 bits per heavy atom. The summed E-state index contributed by atoms with van der Waals surface area (Å²) < 4.78 is 28.7. The number of hydrogen-bond donors (Lipinski definition) is 1. The van der Waals surface area contributed by atoms with Crippen LogP contribution in [0.1, 0.15) is 33.1 Å². The minimum absolute atomic E-state index is 0.0548. The van der Waals surface area contributed by atoms with Crippen molar-refractivity contribution in [1.82, 2.24) is 14.7 Å². The van der Waals surface area contributed by atoms with Crippen molar-refractivity contribution < 1.29 is 8.78 Å². The molecule has 3 aliphatic rings. The summed E-state index contributed by atoms with van der Waals surface area (Å²) in [4.78, 5) is 6.56. The fraction of sp³-hybridized carbons (Fsp3) is 1.00. The van der Waals surface area contributed by atoms with E-state index < -0.39 is 11.8 Å². The van der Waals surface area contributed by atoms with Gasteiger partial charge in [-0.15, -0.1) is 0 Å². The number of hydrogen-bond acceptors (Lipinski definition) is 4. The van der Waals surface area contributed by atoms with E-state index in [1.54, 1.807) is 0 Å². The second kappa shape index (κ2) is 6.77. The van der Waals surface area contributed by atoms with Gasteiger partial charge in [0, 0.05) is 30.9 Å². The quantitative estimate of drug-likeness (QED) is 0.784. The molecule has 3 rings (SSSR count). The molecule has 0 bridgehead atoms. The zero-order chi connectivity index (χ0) is 16.7. The van der Waals surface area contributed by atoms with E-state index in [2.05, 4.69) is 29.4 Å². The molecule has 0 aromatic rings. The molecule has 0 radical (unpaired) electrons.